The lowest BCUT2D eigenvalue weighted by Gasteiger charge is -2.24. The average molecular weight is 527 g/mol. The van der Waals surface area contributed by atoms with Gasteiger partial charge in [0.15, 0.2) is 6.23 Å². The van der Waals surface area contributed by atoms with Crippen molar-refractivity contribution in [2.24, 2.45) is 0 Å². The van der Waals surface area contributed by atoms with Crippen LogP contribution in [0.5, 0.6) is 11.5 Å². The van der Waals surface area contributed by atoms with E-state index in [4.69, 9.17) is 18.5 Å². The first-order valence-electron chi connectivity index (χ1n) is 11.4. The monoisotopic (exact) mass is 527 g/mol. The summed E-state index contributed by atoms with van der Waals surface area (Å²) in [6.07, 6.45) is 3.16. The summed E-state index contributed by atoms with van der Waals surface area (Å²) in [5.74, 6) is -0.0845. The molecule has 12 heteroatoms. The highest BCUT2D eigenvalue weighted by atomic mass is 31.2. The number of carbonyl (C=O) groups is 1. The number of aromatic amines is 1. The van der Waals surface area contributed by atoms with E-state index in [1.807, 2.05) is 0 Å². The summed E-state index contributed by atoms with van der Waals surface area (Å²) >= 11 is 0. The zero-order chi connectivity index (χ0) is 26.4. The van der Waals surface area contributed by atoms with Crippen LogP contribution in [0.1, 0.15) is 18.7 Å². The first-order valence-corrected chi connectivity index (χ1v) is 13.0. The maximum absolute atomic E-state index is 13.7. The molecule has 0 amide bonds. The zero-order valence-electron chi connectivity index (χ0n) is 20.1. The fraction of sp³-hybridized carbons (Fsp3) is 0.240. The zero-order valence-corrected chi connectivity index (χ0v) is 21.0. The molecule has 0 saturated carbocycles. The van der Waals surface area contributed by atoms with Crippen LogP contribution in [0.15, 0.2) is 88.6 Å². The average Bonchev–Trinajstić information content (AvgIpc) is 3.35. The summed E-state index contributed by atoms with van der Waals surface area (Å²) < 4.78 is 37.3. The molecular formula is C25H26N3O8P. The first kappa shape index (κ1) is 26.3. The van der Waals surface area contributed by atoms with Gasteiger partial charge in [0.25, 0.3) is 5.56 Å². The van der Waals surface area contributed by atoms with Crippen LogP contribution < -0.4 is 25.6 Å². The molecule has 1 unspecified atom stereocenters. The van der Waals surface area contributed by atoms with Gasteiger partial charge in [-0.15, -0.1) is 0 Å². The Balaban J connectivity index is 1.43. The molecule has 1 aliphatic heterocycles. The highest BCUT2D eigenvalue weighted by Gasteiger charge is 2.34. The molecule has 1 aliphatic rings. The third-order valence-corrected chi connectivity index (χ3v) is 6.91. The molecule has 2 aromatic carbocycles. The number of hydrogen-bond donors (Lipinski definition) is 2. The molecule has 2 heterocycles. The molecule has 194 valence electrons. The quantitative estimate of drug-likeness (QED) is 0.176. The van der Waals surface area contributed by atoms with Crippen LogP contribution in [0.3, 0.4) is 0 Å². The van der Waals surface area contributed by atoms with Gasteiger partial charge in [0, 0.05) is 11.8 Å². The van der Waals surface area contributed by atoms with E-state index in [0.717, 1.165) is 0 Å². The summed E-state index contributed by atoms with van der Waals surface area (Å²) in [6.45, 7) is 2.82. The molecule has 4 rings (SSSR count). The molecule has 0 radical (unpaired) electrons. The van der Waals surface area contributed by atoms with Crippen LogP contribution >= 0.6 is 7.75 Å². The molecule has 4 atom stereocenters. The number of esters is 1. The van der Waals surface area contributed by atoms with Gasteiger partial charge < -0.3 is 14.0 Å². The summed E-state index contributed by atoms with van der Waals surface area (Å²) in [6, 6.07) is 15.8. The second kappa shape index (κ2) is 11.5. The van der Waals surface area contributed by atoms with Crippen LogP contribution in [0.25, 0.3) is 0 Å². The Hall–Kier alpha value is -3.76. The fourth-order valence-electron chi connectivity index (χ4n) is 3.38. The van der Waals surface area contributed by atoms with E-state index in [-0.39, 0.29) is 12.4 Å². The Bertz CT molecular complexity index is 1420. The van der Waals surface area contributed by atoms with E-state index in [2.05, 4.69) is 10.1 Å². The molecule has 2 N–H and O–H groups in total. The largest absolute Gasteiger partial charge is 0.459 e. The lowest BCUT2D eigenvalue weighted by molar-refractivity contribution is -0.136. The van der Waals surface area contributed by atoms with Crippen molar-refractivity contribution in [3.8, 4) is 11.5 Å². The summed E-state index contributed by atoms with van der Waals surface area (Å²) in [5.41, 5.74) is -0.761. The minimum Gasteiger partial charge on any atom is -0.425 e. The fourth-order valence-corrected chi connectivity index (χ4v) is 4.88. The van der Waals surface area contributed by atoms with Crippen LogP contribution in [0.2, 0.25) is 0 Å². The third-order valence-electron chi connectivity index (χ3n) is 5.27. The molecule has 0 bridgehead atoms. The number of rotatable bonds is 10. The van der Waals surface area contributed by atoms with E-state index in [1.54, 1.807) is 79.7 Å². The van der Waals surface area contributed by atoms with Gasteiger partial charge in [0.05, 0.1) is 6.61 Å². The molecule has 3 aromatic rings. The van der Waals surface area contributed by atoms with Crippen molar-refractivity contribution in [2.45, 2.75) is 32.2 Å². The van der Waals surface area contributed by atoms with Crippen LogP contribution in [0, 0.1) is 6.92 Å². The van der Waals surface area contributed by atoms with Crippen molar-refractivity contribution in [1.82, 2.24) is 14.6 Å². The SMILES string of the molecule is Cc1cn([C@H]2C=C[C@@H](COP(=O)(N[C@@H](C)C(=O)Oc3ccccc3)Oc3ccccc3)O2)c(=O)[nH]c1=O. The first-order chi connectivity index (χ1) is 17.7. The Labute approximate surface area is 212 Å². The van der Waals surface area contributed by atoms with Crippen LogP contribution in [-0.2, 0) is 18.6 Å². The van der Waals surface area contributed by atoms with Gasteiger partial charge in [-0.05, 0) is 44.2 Å². The smallest absolute Gasteiger partial charge is 0.425 e. The lowest BCUT2D eigenvalue weighted by Crippen LogP contribution is -2.37. The normalized spacial score (nSPS) is 19.2. The number of ether oxygens (including phenoxy) is 2. The molecule has 37 heavy (non-hydrogen) atoms. The predicted octanol–water partition coefficient (Wildman–Crippen LogP) is 3.09. The third kappa shape index (κ3) is 6.93. The number of nitrogens with zero attached hydrogens (tertiary/aromatic N) is 1. The van der Waals surface area contributed by atoms with Gasteiger partial charge >= 0.3 is 19.4 Å². The van der Waals surface area contributed by atoms with Crippen molar-refractivity contribution in [3.63, 3.8) is 0 Å². The molecular weight excluding hydrogens is 501 g/mol. The number of nitrogens with one attached hydrogen (secondary N) is 2. The topological polar surface area (TPSA) is 138 Å². The standard InChI is InChI=1S/C25H26N3O8P/c1-17-15-28(25(31)26-23(17)29)22-14-13-21(34-22)16-33-37(32,36-20-11-7-4-8-12-20)27-18(2)24(30)35-19-9-5-3-6-10-19/h3-15,18,21-22H,16H2,1-2H3,(H,27,32)(H,26,29,31)/t18-,21-,22+,37?/m0/s1. The van der Waals surface area contributed by atoms with Crippen molar-refractivity contribution >= 4 is 13.7 Å². The number of para-hydroxylation sites is 2. The number of carbonyl (C=O) groups excluding carboxylic acids is 1. The second-order valence-corrected chi connectivity index (χ2v) is 9.91. The summed E-state index contributed by atoms with van der Waals surface area (Å²) in [5, 5.41) is 2.61. The van der Waals surface area contributed by atoms with Gasteiger partial charge in [0.2, 0.25) is 0 Å². The van der Waals surface area contributed by atoms with Crippen molar-refractivity contribution < 1.29 is 27.9 Å². The van der Waals surface area contributed by atoms with Crippen LogP contribution in [0.4, 0.5) is 0 Å². The highest BCUT2D eigenvalue weighted by molar-refractivity contribution is 7.52. The minimum absolute atomic E-state index is 0.221. The van der Waals surface area contributed by atoms with E-state index in [0.29, 0.717) is 11.3 Å². The molecule has 0 spiro atoms. The molecule has 0 fully saturated rings. The molecule has 0 aliphatic carbocycles. The van der Waals surface area contributed by atoms with Gasteiger partial charge in [-0.25, -0.2) is 14.2 Å². The number of aromatic nitrogens is 2. The van der Waals surface area contributed by atoms with Crippen molar-refractivity contribution in [1.29, 1.82) is 0 Å². The number of hydrogen-bond acceptors (Lipinski definition) is 8. The number of benzene rings is 2. The van der Waals surface area contributed by atoms with Gasteiger partial charge in [-0.3, -0.25) is 18.9 Å². The molecule has 0 saturated heterocycles. The Morgan fingerprint density at radius 2 is 1.73 bits per heavy atom. The maximum atomic E-state index is 13.7. The predicted molar refractivity (Wildman–Crippen MR) is 134 cm³/mol. The molecule has 11 nitrogen and oxygen atoms in total. The van der Waals surface area contributed by atoms with Crippen molar-refractivity contribution in [2.75, 3.05) is 6.61 Å². The maximum Gasteiger partial charge on any atom is 0.459 e. The Morgan fingerprint density at radius 1 is 1.08 bits per heavy atom. The van der Waals surface area contributed by atoms with Gasteiger partial charge in [-0.1, -0.05) is 42.5 Å². The second-order valence-electron chi connectivity index (χ2n) is 8.21. The number of aryl methyl sites for hydroxylation is 1. The lowest BCUT2D eigenvalue weighted by atomic mass is 10.3. The Kier molecular flexibility index (Phi) is 8.20. The van der Waals surface area contributed by atoms with E-state index < -0.39 is 43.3 Å². The van der Waals surface area contributed by atoms with Gasteiger partial charge in [-0.2, -0.15) is 5.09 Å². The summed E-state index contributed by atoms with van der Waals surface area (Å²) in [4.78, 5) is 38.6. The minimum atomic E-state index is -4.10. The van der Waals surface area contributed by atoms with Crippen LogP contribution in [-0.4, -0.2) is 34.3 Å². The van der Waals surface area contributed by atoms with E-state index in [1.165, 1.54) is 17.7 Å². The Morgan fingerprint density at radius 3 is 2.41 bits per heavy atom. The summed E-state index contributed by atoms with van der Waals surface area (Å²) in [7, 11) is -4.10. The van der Waals surface area contributed by atoms with Crippen molar-refractivity contribution in [3.05, 3.63) is 105 Å². The van der Waals surface area contributed by atoms with E-state index >= 15 is 0 Å². The van der Waals surface area contributed by atoms with Gasteiger partial charge in [0.1, 0.15) is 23.6 Å². The highest BCUT2D eigenvalue weighted by Crippen LogP contribution is 2.45. The van der Waals surface area contributed by atoms with E-state index in [9.17, 15) is 18.9 Å². The molecule has 1 aromatic heterocycles. The number of H-pyrrole nitrogens is 1.